The normalized spacial score (nSPS) is 10.4. The van der Waals surface area contributed by atoms with E-state index in [2.05, 4.69) is 10.3 Å². The molecule has 0 aliphatic heterocycles. The molecule has 0 aromatic carbocycles. The molecule has 1 heterocycles. The van der Waals surface area contributed by atoms with Crippen molar-refractivity contribution in [2.24, 2.45) is 0 Å². The van der Waals surface area contributed by atoms with Gasteiger partial charge in [-0.3, -0.25) is 0 Å². The van der Waals surface area contributed by atoms with Gasteiger partial charge in [-0.25, -0.2) is 4.98 Å². The van der Waals surface area contributed by atoms with Crippen molar-refractivity contribution < 1.29 is 5.11 Å². The zero-order valence-electron chi connectivity index (χ0n) is 6.50. The number of thiazole rings is 1. The van der Waals surface area contributed by atoms with Crippen LogP contribution < -0.4 is 5.32 Å². The maximum absolute atomic E-state index is 8.47. The minimum absolute atomic E-state index is 0.192. The Balaban J connectivity index is 2.27. The van der Waals surface area contributed by atoms with E-state index in [1.54, 1.807) is 11.3 Å². The second-order valence-corrected chi connectivity index (χ2v) is 3.57. The number of rotatable bonds is 4. The van der Waals surface area contributed by atoms with Gasteiger partial charge in [-0.2, -0.15) is 0 Å². The summed E-state index contributed by atoms with van der Waals surface area (Å²) in [6.07, 6.45) is 1.87. The maximum atomic E-state index is 8.47. The molecule has 0 aliphatic carbocycles. The van der Waals surface area contributed by atoms with Crippen molar-refractivity contribution in [1.82, 2.24) is 10.3 Å². The lowest BCUT2D eigenvalue weighted by molar-refractivity contribution is 0.292. The lowest BCUT2D eigenvalue weighted by Gasteiger charge is -1.96. The van der Waals surface area contributed by atoms with Gasteiger partial charge in [0, 0.05) is 24.2 Å². The lowest BCUT2D eigenvalue weighted by Crippen LogP contribution is -2.16. The first kappa shape index (κ1) is 8.64. The first-order valence-electron chi connectivity index (χ1n) is 3.56. The van der Waals surface area contributed by atoms with E-state index in [4.69, 9.17) is 5.11 Å². The smallest absolute Gasteiger partial charge is 0.0897 e. The standard InChI is InChI=1S/C7H12N2OS/c1-6-9-5-7(11-6)4-8-2-3-10/h5,8,10H,2-4H2,1H3. The highest BCUT2D eigenvalue weighted by Gasteiger charge is 1.95. The van der Waals surface area contributed by atoms with Gasteiger partial charge < -0.3 is 10.4 Å². The molecular formula is C7H12N2OS. The number of nitrogens with zero attached hydrogens (tertiary/aromatic N) is 1. The van der Waals surface area contributed by atoms with Gasteiger partial charge in [0.2, 0.25) is 0 Å². The second-order valence-electron chi connectivity index (χ2n) is 2.25. The third-order valence-electron chi connectivity index (χ3n) is 1.26. The van der Waals surface area contributed by atoms with Crippen molar-refractivity contribution in [2.45, 2.75) is 13.5 Å². The molecule has 1 aromatic heterocycles. The molecule has 0 radical (unpaired) electrons. The largest absolute Gasteiger partial charge is 0.395 e. The Morgan fingerprint density at radius 2 is 2.55 bits per heavy atom. The Bertz CT molecular complexity index is 212. The summed E-state index contributed by atoms with van der Waals surface area (Å²) in [7, 11) is 0. The van der Waals surface area contributed by atoms with Crippen molar-refractivity contribution in [1.29, 1.82) is 0 Å². The molecule has 0 atom stereocenters. The van der Waals surface area contributed by atoms with E-state index >= 15 is 0 Å². The molecule has 3 nitrogen and oxygen atoms in total. The Labute approximate surface area is 70.1 Å². The summed E-state index contributed by atoms with van der Waals surface area (Å²) in [6, 6.07) is 0. The number of aromatic nitrogens is 1. The highest BCUT2D eigenvalue weighted by atomic mass is 32.1. The monoisotopic (exact) mass is 172 g/mol. The quantitative estimate of drug-likeness (QED) is 0.651. The summed E-state index contributed by atoms with van der Waals surface area (Å²) in [6.45, 7) is 3.64. The van der Waals surface area contributed by atoms with Crippen LogP contribution in [0.5, 0.6) is 0 Å². The lowest BCUT2D eigenvalue weighted by atomic mass is 10.5. The Hall–Kier alpha value is -0.450. The molecule has 2 N–H and O–H groups in total. The van der Waals surface area contributed by atoms with Crippen molar-refractivity contribution >= 4 is 11.3 Å². The molecule has 1 aromatic rings. The predicted molar refractivity (Wildman–Crippen MR) is 45.6 cm³/mol. The number of hydrogen-bond donors (Lipinski definition) is 2. The van der Waals surface area contributed by atoms with Gasteiger partial charge in [0.1, 0.15) is 0 Å². The van der Waals surface area contributed by atoms with E-state index in [-0.39, 0.29) is 6.61 Å². The summed E-state index contributed by atoms with van der Waals surface area (Å²) in [5, 5.41) is 12.6. The van der Waals surface area contributed by atoms with Crippen LogP contribution in [-0.4, -0.2) is 23.2 Å². The molecule has 0 spiro atoms. The van der Waals surface area contributed by atoms with Gasteiger partial charge in [0.25, 0.3) is 0 Å². The van der Waals surface area contributed by atoms with Gasteiger partial charge in [0.15, 0.2) is 0 Å². The molecule has 0 fully saturated rings. The Kier molecular flexibility index (Phi) is 3.48. The molecule has 0 aliphatic rings. The van der Waals surface area contributed by atoms with Crippen LogP contribution in [0, 0.1) is 6.92 Å². The fraction of sp³-hybridized carbons (Fsp3) is 0.571. The van der Waals surface area contributed by atoms with Gasteiger partial charge >= 0.3 is 0 Å². The number of aliphatic hydroxyl groups excluding tert-OH is 1. The summed E-state index contributed by atoms with van der Waals surface area (Å²) >= 11 is 1.68. The summed E-state index contributed by atoms with van der Waals surface area (Å²) in [5.41, 5.74) is 0. The first-order chi connectivity index (χ1) is 5.33. The minimum Gasteiger partial charge on any atom is -0.395 e. The van der Waals surface area contributed by atoms with Crippen molar-refractivity contribution in [2.75, 3.05) is 13.2 Å². The van der Waals surface area contributed by atoms with Gasteiger partial charge in [-0.15, -0.1) is 11.3 Å². The van der Waals surface area contributed by atoms with E-state index in [0.29, 0.717) is 6.54 Å². The van der Waals surface area contributed by atoms with Crippen LogP contribution in [0.1, 0.15) is 9.88 Å². The highest BCUT2D eigenvalue weighted by Crippen LogP contribution is 2.10. The molecule has 0 saturated carbocycles. The van der Waals surface area contributed by atoms with Crippen LogP contribution in [0.15, 0.2) is 6.20 Å². The second kappa shape index (κ2) is 4.43. The van der Waals surface area contributed by atoms with Crippen LogP contribution in [-0.2, 0) is 6.54 Å². The zero-order chi connectivity index (χ0) is 8.10. The van der Waals surface area contributed by atoms with Crippen LogP contribution in [0.25, 0.3) is 0 Å². The highest BCUT2D eigenvalue weighted by molar-refractivity contribution is 7.11. The zero-order valence-corrected chi connectivity index (χ0v) is 7.32. The van der Waals surface area contributed by atoms with Crippen molar-refractivity contribution in [3.63, 3.8) is 0 Å². The average molecular weight is 172 g/mol. The molecular weight excluding hydrogens is 160 g/mol. The van der Waals surface area contributed by atoms with Crippen LogP contribution in [0.2, 0.25) is 0 Å². The number of hydrogen-bond acceptors (Lipinski definition) is 4. The molecule has 1 rings (SSSR count). The van der Waals surface area contributed by atoms with Gasteiger partial charge in [-0.1, -0.05) is 0 Å². The molecule has 62 valence electrons. The SMILES string of the molecule is Cc1ncc(CNCCO)s1. The van der Waals surface area contributed by atoms with Gasteiger partial charge in [-0.05, 0) is 6.92 Å². The van der Waals surface area contributed by atoms with E-state index in [0.717, 1.165) is 11.6 Å². The minimum atomic E-state index is 0.192. The van der Waals surface area contributed by atoms with Crippen molar-refractivity contribution in [3.05, 3.63) is 16.1 Å². The van der Waals surface area contributed by atoms with Crippen LogP contribution in [0.3, 0.4) is 0 Å². The molecule has 0 unspecified atom stereocenters. The Morgan fingerprint density at radius 3 is 3.09 bits per heavy atom. The summed E-state index contributed by atoms with van der Waals surface area (Å²) in [5.74, 6) is 0. The maximum Gasteiger partial charge on any atom is 0.0897 e. The van der Waals surface area contributed by atoms with E-state index in [9.17, 15) is 0 Å². The summed E-state index contributed by atoms with van der Waals surface area (Å²) in [4.78, 5) is 5.33. The molecule has 4 heteroatoms. The van der Waals surface area contributed by atoms with Crippen molar-refractivity contribution in [3.8, 4) is 0 Å². The van der Waals surface area contributed by atoms with Crippen LogP contribution in [0.4, 0.5) is 0 Å². The fourth-order valence-electron chi connectivity index (χ4n) is 0.778. The first-order valence-corrected chi connectivity index (χ1v) is 4.37. The summed E-state index contributed by atoms with van der Waals surface area (Å²) < 4.78 is 0. The third kappa shape index (κ3) is 2.96. The van der Waals surface area contributed by atoms with Crippen LogP contribution >= 0.6 is 11.3 Å². The topological polar surface area (TPSA) is 45.2 Å². The third-order valence-corrected chi connectivity index (χ3v) is 2.17. The molecule has 0 bridgehead atoms. The Morgan fingerprint density at radius 1 is 1.73 bits per heavy atom. The fourth-order valence-corrected chi connectivity index (χ4v) is 1.54. The number of aryl methyl sites for hydroxylation is 1. The molecule has 11 heavy (non-hydrogen) atoms. The average Bonchev–Trinajstić information content (AvgIpc) is 2.37. The predicted octanol–water partition coefficient (Wildman–Crippen LogP) is 0.533. The van der Waals surface area contributed by atoms with E-state index in [1.807, 2.05) is 13.1 Å². The van der Waals surface area contributed by atoms with Gasteiger partial charge in [0.05, 0.1) is 11.6 Å². The van der Waals surface area contributed by atoms with E-state index < -0.39 is 0 Å². The number of aliphatic hydroxyl groups is 1. The molecule has 0 saturated heterocycles. The molecule has 0 amide bonds. The van der Waals surface area contributed by atoms with E-state index in [1.165, 1.54) is 4.88 Å². The number of nitrogens with one attached hydrogen (secondary N) is 1.